The molecule has 3 spiro atoms. The second-order valence-electron chi connectivity index (χ2n) is 16.5. The lowest BCUT2D eigenvalue weighted by atomic mass is 9.64. The maximum absolute atomic E-state index is 13.6. The smallest absolute Gasteiger partial charge is 0.346 e. The Bertz CT molecular complexity index is 2290. The van der Waals surface area contributed by atoms with Crippen LogP contribution in [0, 0.1) is 0 Å². The number of Topliss-reactive ketones (excluding diaryl/α,β-unsaturated/α-hetero) is 1. The lowest BCUT2D eigenvalue weighted by molar-refractivity contribution is -0.151. The highest BCUT2D eigenvalue weighted by molar-refractivity contribution is 6.15. The average Bonchev–Trinajstić information content (AvgIpc) is 3.73. The van der Waals surface area contributed by atoms with Crippen LogP contribution in [-0.2, 0) is 35.4 Å². The summed E-state index contributed by atoms with van der Waals surface area (Å²) in [4.78, 5) is 75.3. The van der Waals surface area contributed by atoms with E-state index in [1.54, 1.807) is 0 Å². The van der Waals surface area contributed by atoms with Gasteiger partial charge in [-0.1, -0.05) is 56.7 Å². The molecule has 3 aromatic rings. The predicted octanol–water partition coefficient (Wildman–Crippen LogP) is 8.42. The van der Waals surface area contributed by atoms with Gasteiger partial charge in [0, 0.05) is 22.1 Å². The lowest BCUT2D eigenvalue weighted by Gasteiger charge is -2.39. The Morgan fingerprint density at radius 3 is 1.82 bits per heavy atom. The van der Waals surface area contributed by atoms with Gasteiger partial charge >= 0.3 is 23.9 Å². The van der Waals surface area contributed by atoms with Crippen LogP contribution in [-0.4, -0.2) is 35.9 Å². The van der Waals surface area contributed by atoms with Crippen molar-refractivity contribution < 1.29 is 43.0 Å². The maximum atomic E-state index is 13.6. The van der Waals surface area contributed by atoms with E-state index in [1.807, 2.05) is 18.2 Å². The van der Waals surface area contributed by atoms with Crippen molar-refractivity contribution in [2.45, 2.75) is 113 Å². The van der Waals surface area contributed by atoms with Gasteiger partial charge in [0.15, 0.2) is 12.1 Å². The number of hydrogen-bond acceptors (Lipinski definition) is 9. The van der Waals surface area contributed by atoms with Gasteiger partial charge < -0.3 is 14.2 Å². The molecule has 0 bridgehead atoms. The van der Waals surface area contributed by atoms with Crippen LogP contribution in [0.25, 0.3) is 0 Å². The van der Waals surface area contributed by atoms with Gasteiger partial charge in [0.25, 0.3) is 0 Å². The molecule has 0 saturated heterocycles. The molecule has 2 saturated carbocycles. The van der Waals surface area contributed by atoms with Crippen molar-refractivity contribution in [3.8, 4) is 11.5 Å². The lowest BCUT2D eigenvalue weighted by Crippen LogP contribution is -2.33. The molecular formula is C46H42O9. The molecule has 0 radical (unpaired) electrons. The van der Waals surface area contributed by atoms with Crippen LogP contribution < -0.4 is 9.47 Å². The van der Waals surface area contributed by atoms with E-state index in [1.165, 1.54) is 55.2 Å². The van der Waals surface area contributed by atoms with Crippen molar-refractivity contribution in [2.75, 3.05) is 0 Å². The van der Waals surface area contributed by atoms with E-state index in [0.717, 1.165) is 75.3 Å². The molecule has 1 heterocycles. The zero-order valence-corrected chi connectivity index (χ0v) is 30.9. The number of fused-ring (bicyclic) bond motifs is 6. The molecule has 55 heavy (non-hydrogen) atoms. The van der Waals surface area contributed by atoms with E-state index in [2.05, 4.69) is 18.2 Å². The van der Waals surface area contributed by atoms with Gasteiger partial charge in [-0.25, -0.2) is 19.2 Å². The molecule has 280 valence electrons. The molecule has 0 aromatic heterocycles. The molecule has 0 amide bonds. The van der Waals surface area contributed by atoms with Gasteiger partial charge in [-0.3, -0.25) is 9.59 Å². The zero-order chi connectivity index (χ0) is 38.1. The van der Waals surface area contributed by atoms with E-state index < -0.39 is 29.3 Å². The number of carbonyl (C=O) groups excluding carboxylic acids is 6. The number of carbonyl (C=O) groups is 6. The summed E-state index contributed by atoms with van der Waals surface area (Å²) in [5, 5.41) is 0. The Hall–Kier alpha value is -5.44. The summed E-state index contributed by atoms with van der Waals surface area (Å²) < 4.78 is 16.9. The van der Waals surface area contributed by atoms with Crippen LogP contribution >= 0.6 is 0 Å². The maximum Gasteiger partial charge on any atom is 0.346 e. The van der Waals surface area contributed by atoms with E-state index in [0.29, 0.717) is 28.9 Å². The third-order valence-corrected chi connectivity index (χ3v) is 13.5. The molecule has 9 heteroatoms. The van der Waals surface area contributed by atoms with Crippen molar-refractivity contribution in [1.82, 2.24) is 0 Å². The summed E-state index contributed by atoms with van der Waals surface area (Å²) in [6.45, 7) is 1.36. The molecule has 3 aromatic carbocycles. The van der Waals surface area contributed by atoms with Crippen molar-refractivity contribution in [3.63, 3.8) is 0 Å². The number of rotatable bonds is 6. The Morgan fingerprint density at radius 1 is 0.673 bits per heavy atom. The van der Waals surface area contributed by atoms with E-state index >= 15 is 0 Å². The van der Waals surface area contributed by atoms with Crippen LogP contribution in [0.15, 0.2) is 77.4 Å². The fraction of sp³-hybridized carbons (Fsp3) is 0.391. The van der Waals surface area contributed by atoms with Crippen LogP contribution in [0.5, 0.6) is 11.5 Å². The summed E-state index contributed by atoms with van der Waals surface area (Å²) in [6, 6.07) is 16.6. The standard InChI is InChI=1S/C46H42O9/c1-27(48)34-20-28(8-9-30(34)24-47)40(49)53-31-11-14-36-38(22-31)46(25-44(36)16-4-2-5-17-44)26-45(18-6-3-7-19-45)37-15-12-32(23-39(37)46)54-41(50)29-10-13-33-35(21-29)43(52)55-42(33)51/h8-9,11-12,14-15,20-24H,2-7,10,13,16-19,25-26H2,1H3/t46-/m1/s1. The fourth-order valence-electron chi connectivity index (χ4n) is 11.1. The summed E-state index contributed by atoms with van der Waals surface area (Å²) in [7, 11) is 0. The van der Waals surface area contributed by atoms with E-state index in [9.17, 15) is 28.8 Å². The SMILES string of the molecule is CC(=O)c1cc(C(=O)Oc2ccc3c(c2)[C@]2(CC4(CCCCC4)c4ccc(OC(=O)C5=CC6=C(CC5)C(=O)OC6=O)cc42)CC32CCCCC2)ccc1C=O. The number of aldehydes is 1. The van der Waals surface area contributed by atoms with Crippen molar-refractivity contribution in [3.05, 3.63) is 116 Å². The molecule has 1 atom stereocenters. The zero-order valence-electron chi connectivity index (χ0n) is 30.9. The molecule has 9 rings (SSSR count). The van der Waals surface area contributed by atoms with Crippen LogP contribution in [0.4, 0.5) is 0 Å². The Morgan fingerprint density at radius 2 is 1.25 bits per heavy atom. The molecular weight excluding hydrogens is 696 g/mol. The number of ketones is 1. The predicted molar refractivity (Wildman–Crippen MR) is 200 cm³/mol. The van der Waals surface area contributed by atoms with Crippen LogP contribution in [0.2, 0.25) is 0 Å². The first-order valence-electron chi connectivity index (χ1n) is 19.6. The summed E-state index contributed by atoms with van der Waals surface area (Å²) in [6.07, 6.45) is 15.7. The molecule has 1 aliphatic heterocycles. The largest absolute Gasteiger partial charge is 0.423 e. The second-order valence-corrected chi connectivity index (χ2v) is 16.5. The normalized spacial score (nSPS) is 22.9. The number of benzene rings is 3. The quantitative estimate of drug-likeness (QED) is 0.0804. The summed E-state index contributed by atoms with van der Waals surface area (Å²) >= 11 is 0. The fourth-order valence-corrected chi connectivity index (χ4v) is 11.1. The monoisotopic (exact) mass is 738 g/mol. The van der Waals surface area contributed by atoms with Gasteiger partial charge in [-0.15, -0.1) is 0 Å². The number of ether oxygens (including phenoxy) is 3. The number of hydrogen-bond donors (Lipinski definition) is 0. The highest BCUT2D eigenvalue weighted by Gasteiger charge is 2.61. The number of cyclic esters (lactones) is 2. The number of esters is 4. The van der Waals surface area contributed by atoms with Gasteiger partial charge in [-0.05, 0) is 134 Å². The Balaban J connectivity index is 1.12. The van der Waals surface area contributed by atoms with Crippen LogP contribution in [0.1, 0.15) is 150 Å². The minimum Gasteiger partial charge on any atom is -0.423 e. The molecule has 2 fully saturated rings. The van der Waals surface area contributed by atoms with E-state index in [4.69, 9.17) is 14.2 Å². The minimum atomic E-state index is -0.736. The minimum absolute atomic E-state index is 0.0339. The molecule has 0 unspecified atom stereocenters. The first kappa shape index (κ1) is 35.3. The molecule has 6 aliphatic rings. The van der Waals surface area contributed by atoms with Crippen molar-refractivity contribution in [1.29, 1.82) is 0 Å². The molecule has 5 aliphatic carbocycles. The van der Waals surface area contributed by atoms with Gasteiger partial charge in [0.2, 0.25) is 0 Å². The Labute approximate surface area is 319 Å². The Kier molecular flexibility index (Phi) is 8.40. The summed E-state index contributed by atoms with van der Waals surface area (Å²) in [5.41, 5.74) is 5.78. The topological polar surface area (TPSA) is 130 Å². The second kappa shape index (κ2) is 13.1. The van der Waals surface area contributed by atoms with Gasteiger partial charge in [0.05, 0.1) is 16.7 Å². The van der Waals surface area contributed by atoms with Crippen LogP contribution in [0.3, 0.4) is 0 Å². The van der Waals surface area contributed by atoms with Crippen molar-refractivity contribution >= 4 is 35.9 Å². The van der Waals surface area contributed by atoms with Gasteiger partial charge in [-0.2, -0.15) is 0 Å². The highest BCUT2D eigenvalue weighted by atomic mass is 16.6. The highest BCUT2D eigenvalue weighted by Crippen LogP contribution is 2.68. The molecule has 0 N–H and O–H groups in total. The molecule has 9 nitrogen and oxygen atoms in total. The van der Waals surface area contributed by atoms with Gasteiger partial charge in [0.1, 0.15) is 11.5 Å². The average molecular weight is 739 g/mol. The summed E-state index contributed by atoms with van der Waals surface area (Å²) in [5.74, 6) is -2.03. The van der Waals surface area contributed by atoms with Crippen molar-refractivity contribution in [2.24, 2.45) is 0 Å². The van der Waals surface area contributed by atoms with E-state index in [-0.39, 0.29) is 51.7 Å². The first-order chi connectivity index (χ1) is 26.5. The third-order valence-electron chi connectivity index (χ3n) is 13.5. The first-order valence-corrected chi connectivity index (χ1v) is 19.6. The third kappa shape index (κ3) is 5.64.